The van der Waals surface area contributed by atoms with Gasteiger partial charge in [-0.15, -0.1) is 11.3 Å². The fraction of sp³-hybridized carbons (Fsp3) is 0.500. The van der Waals surface area contributed by atoms with Crippen molar-refractivity contribution in [2.24, 2.45) is 0 Å². The van der Waals surface area contributed by atoms with Crippen molar-refractivity contribution in [1.29, 1.82) is 0 Å². The minimum Gasteiger partial charge on any atom is -0.344 e. The van der Waals surface area contributed by atoms with Crippen LogP contribution in [-0.4, -0.2) is 43.0 Å². The van der Waals surface area contributed by atoms with Crippen LogP contribution < -0.4 is 10.6 Å². The summed E-state index contributed by atoms with van der Waals surface area (Å²) in [5.74, 6) is 0.0823. The first kappa shape index (κ1) is 12.9. The van der Waals surface area contributed by atoms with Crippen LogP contribution in [0, 0.1) is 0 Å². The van der Waals surface area contributed by atoms with E-state index in [2.05, 4.69) is 16.7 Å². The highest BCUT2D eigenvalue weighted by Crippen LogP contribution is 2.09. The van der Waals surface area contributed by atoms with E-state index < -0.39 is 0 Å². The summed E-state index contributed by atoms with van der Waals surface area (Å²) in [5.41, 5.74) is 0. The summed E-state index contributed by atoms with van der Waals surface area (Å²) >= 11 is 1.69. The van der Waals surface area contributed by atoms with E-state index in [1.54, 1.807) is 23.3 Å². The molecule has 1 unspecified atom stereocenters. The molecule has 0 aromatic carbocycles. The Kier molecular flexibility index (Phi) is 4.19. The smallest absolute Gasteiger partial charge is 0.315 e. The molecular weight excluding hydrogens is 250 g/mol. The Morgan fingerprint density at radius 2 is 2.44 bits per heavy atom. The summed E-state index contributed by atoms with van der Waals surface area (Å²) in [6.07, 6.45) is 1.24. The lowest BCUT2D eigenvalue weighted by molar-refractivity contribution is -0.126. The first-order valence-corrected chi connectivity index (χ1v) is 6.84. The Balaban J connectivity index is 1.65. The summed E-state index contributed by atoms with van der Waals surface area (Å²) in [5, 5.41) is 7.64. The minimum atomic E-state index is -0.195. The summed E-state index contributed by atoms with van der Waals surface area (Å²) in [4.78, 5) is 25.8. The lowest BCUT2D eigenvalue weighted by Gasteiger charge is -2.13. The summed E-state index contributed by atoms with van der Waals surface area (Å²) in [7, 11) is 1.75. The molecule has 5 nitrogen and oxygen atoms in total. The van der Waals surface area contributed by atoms with Gasteiger partial charge in [0.15, 0.2) is 0 Å². The topological polar surface area (TPSA) is 61.4 Å². The molecule has 6 heteroatoms. The maximum Gasteiger partial charge on any atom is 0.315 e. The molecule has 0 aliphatic carbocycles. The number of nitrogens with one attached hydrogen (secondary N) is 2. The maximum absolute atomic E-state index is 11.6. The molecule has 98 valence electrons. The molecule has 1 fully saturated rings. The van der Waals surface area contributed by atoms with Gasteiger partial charge in [0.1, 0.15) is 0 Å². The van der Waals surface area contributed by atoms with Crippen molar-refractivity contribution in [2.75, 3.05) is 20.1 Å². The molecule has 18 heavy (non-hydrogen) atoms. The maximum atomic E-state index is 11.6. The third kappa shape index (κ3) is 3.46. The van der Waals surface area contributed by atoms with Crippen molar-refractivity contribution < 1.29 is 9.59 Å². The lowest BCUT2D eigenvalue weighted by atomic mass is 10.2. The number of thiophene rings is 1. The molecule has 2 rings (SSSR count). The van der Waals surface area contributed by atoms with Crippen LogP contribution in [-0.2, 0) is 11.2 Å². The van der Waals surface area contributed by atoms with E-state index in [1.165, 1.54) is 4.88 Å². The van der Waals surface area contributed by atoms with E-state index in [9.17, 15) is 9.59 Å². The molecule has 1 aromatic rings. The van der Waals surface area contributed by atoms with Crippen LogP contribution in [0.25, 0.3) is 0 Å². The molecule has 0 radical (unpaired) electrons. The van der Waals surface area contributed by atoms with Gasteiger partial charge in [-0.3, -0.25) is 4.79 Å². The number of likely N-dealkylation sites (N-methyl/N-ethyl adjacent to an activating group) is 1. The Morgan fingerprint density at radius 1 is 1.61 bits per heavy atom. The second kappa shape index (κ2) is 5.86. The van der Waals surface area contributed by atoms with Crippen LogP contribution in [0.2, 0.25) is 0 Å². The highest BCUT2D eigenvalue weighted by molar-refractivity contribution is 7.09. The molecule has 2 heterocycles. The Labute approximate surface area is 110 Å². The molecule has 1 saturated heterocycles. The van der Waals surface area contributed by atoms with Crippen molar-refractivity contribution in [3.63, 3.8) is 0 Å². The average Bonchev–Trinajstić information content (AvgIpc) is 2.90. The van der Waals surface area contributed by atoms with Crippen LogP contribution in [0.15, 0.2) is 17.5 Å². The number of rotatable bonds is 4. The second-order valence-corrected chi connectivity index (χ2v) is 5.44. The number of hydrogen-bond acceptors (Lipinski definition) is 3. The SMILES string of the molecule is CN1CC(NC(=O)NCCc2cccs2)CC1=O. The molecule has 0 saturated carbocycles. The molecule has 3 amide bonds. The Bertz CT molecular complexity index is 419. The van der Waals surface area contributed by atoms with Crippen LogP contribution in [0.1, 0.15) is 11.3 Å². The Morgan fingerprint density at radius 3 is 3.06 bits per heavy atom. The molecule has 0 spiro atoms. The second-order valence-electron chi connectivity index (χ2n) is 4.40. The van der Waals surface area contributed by atoms with Crippen molar-refractivity contribution in [2.45, 2.75) is 18.9 Å². The molecule has 1 aromatic heterocycles. The van der Waals surface area contributed by atoms with E-state index in [-0.39, 0.29) is 18.0 Å². The minimum absolute atomic E-state index is 0.0655. The van der Waals surface area contributed by atoms with Gasteiger partial charge in [0.25, 0.3) is 0 Å². The highest BCUT2D eigenvalue weighted by Gasteiger charge is 2.27. The zero-order valence-electron chi connectivity index (χ0n) is 10.3. The van der Waals surface area contributed by atoms with E-state index in [4.69, 9.17) is 0 Å². The third-order valence-corrected chi connectivity index (χ3v) is 3.85. The van der Waals surface area contributed by atoms with Crippen LogP contribution in [0.3, 0.4) is 0 Å². The number of carbonyl (C=O) groups excluding carboxylic acids is 2. The monoisotopic (exact) mass is 267 g/mol. The van der Waals surface area contributed by atoms with Crippen molar-refractivity contribution in [1.82, 2.24) is 15.5 Å². The van der Waals surface area contributed by atoms with Crippen molar-refractivity contribution in [3.8, 4) is 0 Å². The molecule has 1 aliphatic heterocycles. The van der Waals surface area contributed by atoms with Crippen LogP contribution >= 0.6 is 11.3 Å². The number of hydrogen-bond donors (Lipinski definition) is 2. The molecule has 1 atom stereocenters. The van der Waals surface area contributed by atoms with E-state index in [0.29, 0.717) is 19.5 Å². The summed E-state index contributed by atoms with van der Waals surface area (Å²) in [6, 6.07) is 3.79. The van der Waals surface area contributed by atoms with Crippen molar-refractivity contribution >= 4 is 23.3 Å². The quantitative estimate of drug-likeness (QED) is 0.848. The van der Waals surface area contributed by atoms with Gasteiger partial charge in [-0.2, -0.15) is 0 Å². The van der Waals surface area contributed by atoms with Crippen molar-refractivity contribution in [3.05, 3.63) is 22.4 Å². The first-order chi connectivity index (χ1) is 8.65. The van der Waals surface area contributed by atoms with Gasteiger partial charge < -0.3 is 15.5 Å². The normalized spacial score (nSPS) is 19.1. The van der Waals surface area contributed by atoms with E-state index >= 15 is 0 Å². The molecular formula is C12H17N3O2S. The predicted octanol–water partition coefficient (Wildman–Crippen LogP) is 0.820. The third-order valence-electron chi connectivity index (χ3n) is 2.91. The van der Waals surface area contributed by atoms with Crippen LogP contribution in [0.4, 0.5) is 4.79 Å². The number of carbonyl (C=O) groups is 2. The van der Waals surface area contributed by atoms with Gasteiger partial charge >= 0.3 is 6.03 Å². The first-order valence-electron chi connectivity index (χ1n) is 5.96. The molecule has 1 aliphatic rings. The van der Waals surface area contributed by atoms with E-state index in [1.807, 2.05) is 11.4 Å². The fourth-order valence-corrected chi connectivity index (χ4v) is 2.66. The number of urea groups is 1. The van der Waals surface area contributed by atoms with Gasteiger partial charge in [-0.25, -0.2) is 4.79 Å². The molecule has 2 N–H and O–H groups in total. The fourth-order valence-electron chi connectivity index (χ4n) is 1.95. The predicted molar refractivity (Wildman–Crippen MR) is 70.6 cm³/mol. The summed E-state index contributed by atoms with van der Waals surface area (Å²) < 4.78 is 0. The highest BCUT2D eigenvalue weighted by atomic mass is 32.1. The van der Waals surface area contributed by atoms with Gasteiger partial charge in [0.2, 0.25) is 5.91 Å². The summed E-state index contributed by atoms with van der Waals surface area (Å²) in [6.45, 7) is 1.21. The lowest BCUT2D eigenvalue weighted by Crippen LogP contribution is -2.43. The number of nitrogens with zero attached hydrogens (tertiary/aromatic N) is 1. The standard InChI is InChI=1S/C12H17N3O2S/c1-15-8-9(7-11(15)16)14-12(17)13-5-4-10-3-2-6-18-10/h2-3,6,9H,4-5,7-8H2,1H3,(H2,13,14,17). The van der Waals surface area contributed by atoms with Gasteiger partial charge in [0, 0.05) is 31.4 Å². The number of amides is 3. The molecule has 0 bridgehead atoms. The van der Waals surface area contributed by atoms with Gasteiger partial charge in [-0.1, -0.05) is 6.07 Å². The van der Waals surface area contributed by atoms with Gasteiger partial charge in [-0.05, 0) is 17.9 Å². The van der Waals surface area contributed by atoms with Gasteiger partial charge in [0.05, 0.1) is 6.04 Å². The van der Waals surface area contributed by atoms with E-state index in [0.717, 1.165) is 6.42 Å². The zero-order chi connectivity index (χ0) is 13.0. The Hall–Kier alpha value is -1.56. The average molecular weight is 267 g/mol. The largest absolute Gasteiger partial charge is 0.344 e. The van der Waals surface area contributed by atoms with Crippen LogP contribution in [0.5, 0.6) is 0 Å². The zero-order valence-corrected chi connectivity index (χ0v) is 11.1. The number of likely N-dealkylation sites (tertiary alicyclic amines) is 1.